The third-order valence-corrected chi connectivity index (χ3v) is 4.58. The Morgan fingerprint density at radius 1 is 1.04 bits per heavy atom. The van der Waals surface area contributed by atoms with E-state index in [4.69, 9.17) is 4.74 Å². The van der Waals surface area contributed by atoms with Crippen LogP contribution in [0.5, 0.6) is 0 Å². The van der Waals surface area contributed by atoms with Crippen LogP contribution in [0, 0.1) is 5.92 Å². The predicted molar refractivity (Wildman–Crippen MR) is 99.4 cm³/mol. The fraction of sp³-hybridized carbons (Fsp3) is 0.409. The van der Waals surface area contributed by atoms with Crippen molar-refractivity contribution >= 4 is 5.78 Å². The molecule has 0 spiro atoms. The Balaban J connectivity index is 1.90. The van der Waals surface area contributed by atoms with E-state index < -0.39 is 6.17 Å². The van der Waals surface area contributed by atoms with Gasteiger partial charge in [0.05, 0.1) is 12.7 Å². The van der Waals surface area contributed by atoms with Crippen molar-refractivity contribution < 1.29 is 13.9 Å². The normalized spacial score (nSPS) is 14.7. The van der Waals surface area contributed by atoms with Gasteiger partial charge in [-0.2, -0.15) is 0 Å². The fourth-order valence-electron chi connectivity index (χ4n) is 2.78. The Kier molecular flexibility index (Phi) is 7.80. The van der Waals surface area contributed by atoms with Gasteiger partial charge in [-0.25, -0.2) is 4.39 Å². The van der Waals surface area contributed by atoms with Gasteiger partial charge in [0.25, 0.3) is 0 Å². The number of ether oxygens (including phenoxy) is 1. The summed E-state index contributed by atoms with van der Waals surface area (Å²) >= 11 is 0. The molecule has 0 aromatic heterocycles. The minimum Gasteiger partial charge on any atom is -0.373 e. The quantitative estimate of drug-likeness (QED) is 0.524. The highest BCUT2D eigenvalue weighted by Crippen LogP contribution is 2.22. The minimum absolute atomic E-state index is 0.0916. The molecule has 0 radical (unpaired) electrons. The molecular weight excluding hydrogens is 315 g/mol. The summed E-state index contributed by atoms with van der Waals surface area (Å²) < 4.78 is 20.5. The summed E-state index contributed by atoms with van der Waals surface area (Å²) in [5, 5.41) is 0. The standard InChI is InChI=1S/C22H27FO2/c1-3-17(2)22(25-16-18-10-6-4-7-11-18)15-20(23)14-21(24)19-12-8-5-9-13-19/h4-13,17,20,22H,3,14-16H2,1-2H3. The van der Waals surface area contributed by atoms with Gasteiger partial charge in [-0.05, 0) is 11.5 Å². The molecule has 0 bridgehead atoms. The van der Waals surface area contributed by atoms with E-state index in [0.29, 0.717) is 12.2 Å². The number of hydrogen-bond donors (Lipinski definition) is 0. The van der Waals surface area contributed by atoms with Crippen molar-refractivity contribution in [3.63, 3.8) is 0 Å². The number of carbonyl (C=O) groups excluding carboxylic acids is 1. The lowest BCUT2D eigenvalue weighted by Gasteiger charge is -2.25. The molecule has 0 aliphatic heterocycles. The molecule has 3 heteroatoms. The Bertz CT molecular complexity index is 627. The van der Waals surface area contributed by atoms with E-state index in [1.165, 1.54) is 0 Å². The van der Waals surface area contributed by atoms with Crippen molar-refractivity contribution in [2.75, 3.05) is 0 Å². The number of halogens is 1. The lowest BCUT2D eigenvalue weighted by Crippen LogP contribution is -2.26. The van der Waals surface area contributed by atoms with Crippen LogP contribution in [0.2, 0.25) is 0 Å². The molecule has 3 unspecified atom stereocenters. The van der Waals surface area contributed by atoms with Gasteiger partial charge in [0, 0.05) is 18.4 Å². The van der Waals surface area contributed by atoms with Crippen molar-refractivity contribution in [2.45, 2.75) is 52.0 Å². The maximum atomic E-state index is 14.5. The molecular formula is C22H27FO2. The number of ketones is 1. The highest BCUT2D eigenvalue weighted by Gasteiger charge is 2.23. The van der Waals surface area contributed by atoms with Crippen LogP contribution in [0.4, 0.5) is 4.39 Å². The van der Waals surface area contributed by atoms with Gasteiger partial charge in [0.15, 0.2) is 5.78 Å². The molecule has 0 saturated carbocycles. The SMILES string of the molecule is CCC(C)C(CC(F)CC(=O)c1ccccc1)OCc1ccccc1. The second-order valence-electron chi connectivity index (χ2n) is 6.55. The first-order chi connectivity index (χ1) is 12.1. The summed E-state index contributed by atoms with van der Waals surface area (Å²) in [6.45, 7) is 4.61. The maximum Gasteiger partial charge on any atom is 0.165 e. The zero-order valence-electron chi connectivity index (χ0n) is 15.0. The Hall–Kier alpha value is -2.00. The summed E-state index contributed by atoms with van der Waals surface area (Å²) in [7, 11) is 0. The molecule has 2 rings (SSSR count). The van der Waals surface area contributed by atoms with Crippen LogP contribution in [0.15, 0.2) is 60.7 Å². The summed E-state index contributed by atoms with van der Waals surface area (Å²) in [6, 6.07) is 18.8. The van der Waals surface area contributed by atoms with Crippen molar-refractivity contribution in [1.29, 1.82) is 0 Å². The summed E-state index contributed by atoms with van der Waals surface area (Å²) in [5.74, 6) is 0.0906. The molecule has 0 amide bonds. The van der Waals surface area contributed by atoms with Crippen molar-refractivity contribution in [2.24, 2.45) is 5.92 Å². The lowest BCUT2D eigenvalue weighted by atomic mass is 9.94. The van der Waals surface area contributed by atoms with Crippen molar-refractivity contribution in [3.8, 4) is 0 Å². The monoisotopic (exact) mass is 342 g/mol. The topological polar surface area (TPSA) is 26.3 Å². The van der Waals surface area contributed by atoms with E-state index in [0.717, 1.165) is 12.0 Å². The lowest BCUT2D eigenvalue weighted by molar-refractivity contribution is -0.0145. The Labute approximate surface area is 150 Å². The second-order valence-corrected chi connectivity index (χ2v) is 6.55. The molecule has 0 fully saturated rings. The average Bonchev–Trinajstić information content (AvgIpc) is 2.66. The predicted octanol–water partition coefficient (Wildman–Crippen LogP) is 5.62. The van der Waals surface area contributed by atoms with E-state index in [2.05, 4.69) is 13.8 Å². The molecule has 0 aliphatic carbocycles. The molecule has 0 saturated heterocycles. The molecule has 25 heavy (non-hydrogen) atoms. The zero-order chi connectivity index (χ0) is 18.1. The molecule has 0 heterocycles. The van der Waals surface area contributed by atoms with Gasteiger partial charge in [-0.1, -0.05) is 80.9 Å². The largest absolute Gasteiger partial charge is 0.373 e. The van der Waals surface area contributed by atoms with Gasteiger partial charge in [0.1, 0.15) is 6.17 Å². The smallest absolute Gasteiger partial charge is 0.165 e. The van der Waals surface area contributed by atoms with Crippen molar-refractivity contribution in [1.82, 2.24) is 0 Å². The molecule has 2 nitrogen and oxygen atoms in total. The highest BCUT2D eigenvalue weighted by atomic mass is 19.1. The first-order valence-electron chi connectivity index (χ1n) is 8.98. The van der Waals surface area contributed by atoms with Gasteiger partial charge in [-0.15, -0.1) is 0 Å². The number of Topliss-reactive ketones (excluding diaryl/α,β-unsaturated/α-hetero) is 1. The van der Waals surface area contributed by atoms with E-state index in [1.807, 2.05) is 36.4 Å². The van der Waals surface area contributed by atoms with Gasteiger partial charge < -0.3 is 4.74 Å². The van der Waals surface area contributed by atoms with Crippen LogP contribution < -0.4 is 0 Å². The average molecular weight is 342 g/mol. The highest BCUT2D eigenvalue weighted by molar-refractivity contribution is 5.96. The van der Waals surface area contributed by atoms with Gasteiger partial charge in [-0.3, -0.25) is 4.79 Å². The summed E-state index contributed by atoms with van der Waals surface area (Å²) in [6.07, 6.45) is -0.309. The van der Waals surface area contributed by atoms with E-state index in [1.54, 1.807) is 24.3 Å². The summed E-state index contributed by atoms with van der Waals surface area (Å²) in [4.78, 5) is 12.2. The molecule has 3 atom stereocenters. The number of hydrogen-bond acceptors (Lipinski definition) is 2. The van der Waals surface area contributed by atoms with Crippen LogP contribution in [0.1, 0.15) is 49.0 Å². The molecule has 2 aromatic rings. The second kappa shape index (κ2) is 10.1. The molecule has 0 aliphatic rings. The fourth-order valence-corrected chi connectivity index (χ4v) is 2.78. The summed E-state index contributed by atoms with van der Waals surface area (Å²) in [5.41, 5.74) is 1.64. The van der Waals surface area contributed by atoms with Crippen LogP contribution in [-0.4, -0.2) is 18.1 Å². The first-order valence-corrected chi connectivity index (χ1v) is 8.98. The third-order valence-electron chi connectivity index (χ3n) is 4.58. The van der Waals surface area contributed by atoms with Gasteiger partial charge in [0.2, 0.25) is 0 Å². The van der Waals surface area contributed by atoms with Crippen LogP contribution in [0.3, 0.4) is 0 Å². The Morgan fingerprint density at radius 3 is 2.24 bits per heavy atom. The van der Waals surface area contributed by atoms with Gasteiger partial charge >= 0.3 is 0 Å². The zero-order valence-corrected chi connectivity index (χ0v) is 15.0. The van der Waals surface area contributed by atoms with Crippen LogP contribution in [0.25, 0.3) is 0 Å². The third kappa shape index (κ3) is 6.43. The van der Waals surface area contributed by atoms with E-state index >= 15 is 0 Å². The van der Waals surface area contributed by atoms with E-state index in [9.17, 15) is 9.18 Å². The molecule has 0 N–H and O–H groups in total. The number of rotatable bonds is 10. The number of carbonyl (C=O) groups is 1. The maximum absolute atomic E-state index is 14.5. The molecule has 2 aromatic carbocycles. The van der Waals surface area contributed by atoms with Crippen molar-refractivity contribution in [3.05, 3.63) is 71.8 Å². The Morgan fingerprint density at radius 2 is 1.64 bits per heavy atom. The minimum atomic E-state index is -1.19. The van der Waals surface area contributed by atoms with Crippen LogP contribution >= 0.6 is 0 Å². The number of benzene rings is 2. The molecule has 134 valence electrons. The first kappa shape index (κ1) is 19.3. The van der Waals surface area contributed by atoms with Crippen LogP contribution in [-0.2, 0) is 11.3 Å². The number of alkyl halides is 1. The van der Waals surface area contributed by atoms with E-state index in [-0.39, 0.29) is 30.6 Å².